The van der Waals surface area contributed by atoms with Gasteiger partial charge in [-0.25, -0.2) is 4.98 Å². The number of pyridine rings is 1. The third-order valence-corrected chi connectivity index (χ3v) is 2.61. The van der Waals surface area contributed by atoms with Crippen LogP contribution in [0.25, 0.3) is 0 Å². The lowest BCUT2D eigenvalue weighted by Crippen LogP contribution is -2.07. The summed E-state index contributed by atoms with van der Waals surface area (Å²) in [5, 5.41) is 3.28. The number of nitrogens with one attached hydrogen (secondary N) is 1. The molecular formula is C15H18N2O2. The molecule has 19 heavy (non-hydrogen) atoms. The standard InChI is InChI=1S/C15H18N2O2/c1-18-15-9-8-13(12-17-15)16-10-5-11-19-14-6-3-2-4-7-14/h2-4,6-9,12,16H,5,10-11H2,1H3. The Bertz CT molecular complexity index is 471. The fraction of sp³-hybridized carbons (Fsp3) is 0.267. The van der Waals surface area contributed by atoms with Crippen LogP contribution in [-0.2, 0) is 0 Å². The Morgan fingerprint density at radius 1 is 1.11 bits per heavy atom. The number of methoxy groups -OCH3 is 1. The van der Waals surface area contributed by atoms with Gasteiger partial charge in [-0.15, -0.1) is 0 Å². The maximum atomic E-state index is 5.60. The quantitative estimate of drug-likeness (QED) is 0.775. The van der Waals surface area contributed by atoms with Gasteiger partial charge in [0.05, 0.1) is 25.6 Å². The highest BCUT2D eigenvalue weighted by Gasteiger charge is 1.95. The highest BCUT2D eigenvalue weighted by molar-refractivity contribution is 5.41. The molecule has 1 aromatic carbocycles. The van der Waals surface area contributed by atoms with Crippen molar-refractivity contribution >= 4 is 5.69 Å². The van der Waals surface area contributed by atoms with Gasteiger partial charge >= 0.3 is 0 Å². The first-order valence-electron chi connectivity index (χ1n) is 6.30. The van der Waals surface area contributed by atoms with E-state index in [-0.39, 0.29) is 0 Å². The summed E-state index contributed by atoms with van der Waals surface area (Å²) in [6.45, 7) is 1.54. The third-order valence-electron chi connectivity index (χ3n) is 2.61. The lowest BCUT2D eigenvalue weighted by atomic mass is 10.3. The zero-order valence-corrected chi connectivity index (χ0v) is 11.0. The number of hydrogen-bond donors (Lipinski definition) is 1. The van der Waals surface area contributed by atoms with Gasteiger partial charge in [-0.05, 0) is 24.6 Å². The summed E-state index contributed by atoms with van der Waals surface area (Å²) in [6.07, 6.45) is 2.69. The van der Waals surface area contributed by atoms with Crippen molar-refractivity contribution in [3.05, 3.63) is 48.7 Å². The predicted octanol–water partition coefficient (Wildman–Crippen LogP) is 2.97. The number of nitrogens with zero attached hydrogens (tertiary/aromatic N) is 1. The maximum Gasteiger partial charge on any atom is 0.213 e. The van der Waals surface area contributed by atoms with Crippen molar-refractivity contribution in [1.82, 2.24) is 4.98 Å². The van der Waals surface area contributed by atoms with E-state index >= 15 is 0 Å². The van der Waals surface area contributed by atoms with Crippen molar-refractivity contribution in [2.75, 3.05) is 25.6 Å². The Labute approximate surface area is 113 Å². The van der Waals surface area contributed by atoms with Gasteiger partial charge < -0.3 is 14.8 Å². The summed E-state index contributed by atoms with van der Waals surface area (Å²) in [5.74, 6) is 1.53. The highest BCUT2D eigenvalue weighted by atomic mass is 16.5. The van der Waals surface area contributed by atoms with Crippen LogP contribution in [0.15, 0.2) is 48.7 Å². The van der Waals surface area contributed by atoms with Gasteiger partial charge in [0, 0.05) is 12.6 Å². The van der Waals surface area contributed by atoms with Crippen LogP contribution in [0.1, 0.15) is 6.42 Å². The lowest BCUT2D eigenvalue weighted by Gasteiger charge is -2.08. The number of ether oxygens (including phenoxy) is 2. The van der Waals surface area contributed by atoms with Crippen LogP contribution in [0.4, 0.5) is 5.69 Å². The molecule has 0 aliphatic heterocycles. The summed E-state index contributed by atoms with van der Waals surface area (Å²) >= 11 is 0. The fourth-order valence-electron chi connectivity index (χ4n) is 1.62. The number of hydrogen-bond acceptors (Lipinski definition) is 4. The average Bonchev–Trinajstić information content (AvgIpc) is 2.49. The van der Waals surface area contributed by atoms with E-state index < -0.39 is 0 Å². The molecule has 0 atom stereocenters. The molecule has 0 radical (unpaired) electrons. The fourth-order valence-corrected chi connectivity index (χ4v) is 1.62. The monoisotopic (exact) mass is 258 g/mol. The summed E-state index contributed by atoms with van der Waals surface area (Å²) < 4.78 is 10.6. The molecule has 2 rings (SSSR count). The Hall–Kier alpha value is -2.23. The summed E-state index contributed by atoms with van der Waals surface area (Å²) in [4.78, 5) is 4.13. The zero-order chi connectivity index (χ0) is 13.3. The number of anilines is 1. The van der Waals surface area contributed by atoms with Gasteiger partial charge in [0.2, 0.25) is 5.88 Å². The van der Waals surface area contributed by atoms with E-state index in [0.717, 1.165) is 24.4 Å². The van der Waals surface area contributed by atoms with E-state index in [1.807, 2.05) is 42.5 Å². The van der Waals surface area contributed by atoms with Crippen LogP contribution in [0, 0.1) is 0 Å². The van der Waals surface area contributed by atoms with Crippen LogP contribution >= 0.6 is 0 Å². The Kier molecular flexibility index (Phi) is 5.05. The molecule has 0 bridgehead atoms. The number of benzene rings is 1. The molecule has 0 saturated carbocycles. The van der Waals surface area contributed by atoms with Crippen LogP contribution < -0.4 is 14.8 Å². The van der Waals surface area contributed by atoms with Gasteiger partial charge in [0.25, 0.3) is 0 Å². The molecule has 0 aliphatic carbocycles. The zero-order valence-electron chi connectivity index (χ0n) is 11.0. The Morgan fingerprint density at radius 3 is 2.63 bits per heavy atom. The summed E-state index contributed by atoms with van der Waals surface area (Å²) in [7, 11) is 1.61. The molecule has 1 aromatic heterocycles. The number of aromatic nitrogens is 1. The molecule has 0 spiro atoms. The largest absolute Gasteiger partial charge is 0.494 e. The number of para-hydroxylation sites is 1. The molecule has 1 heterocycles. The third kappa shape index (κ3) is 4.50. The second kappa shape index (κ2) is 7.26. The first-order valence-corrected chi connectivity index (χ1v) is 6.30. The minimum atomic E-state index is 0.623. The minimum Gasteiger partial charge on any atom is -0.494 e. The highest BCUT2D eigenvalue weighted by Crippen LogP contribution is 2.11. The van der Waals surface area contributed by atoms with E-state index in [1.165, 1.54) is 0 Å². The van der Waals surface area contributed by atoms with Crippen molar-refractivity contribution in [1.29, 1.82) is 0 Å². The average molecular weight is 258 g/mol. The molecular weight excluding hydrogens is 240 g/mol. The van der Waals surface area contributed by atoms with Gasteiger partial charge in [-0.3, -0.25) is 0 Å². The van der Waals surface area contributed by atoms with E-state index in [9.17, 15) is 0 Å². The second-order valence-corrected chi connectivity index (χ2v) is 4.03. The van der Waals surface area contributed by atoms with Gasteiger partial charge in [-0.2, -0.15) is 0 Å². The topological polar surface area (TPSA) is 43.4 Å². The Balaban J connectivity index is 1.63. The minimum absolute atomic E-state index is 0.623. The van der Waals surface area contributed by atoms with Crippen LogP contribution in [0.5, 0.6) is 11.6 Å². The molecule has 4 nitrogen and oxygen atoms in total. The predicted molar refractivity (Wildman–Crippen MR) is 75.8 cm³/mol. The maximum absolute atomic E-state index is 5.60. The summed E-state index contributed by atoms with van der Waals surface area (Å²) in [5.41, 5.74) is 0.987. The van der Waals surface area contributed by atoms with E-state index in [2.05, 4.69) is 10.3 Å². The van der Waals surface area contributed by atoms with Gasteiger partial charge in [0.1, 0.15) is 5.75 Å². The van der Waals surface area contributed by atoms with Crippen molar-refractivity contribution in [2.24, 2.45) is 0 Å². The Morgan fingerprint density at radius 2 is 1.95 bits per heavy atom. The van der Waals surface area contributed by atoms with Crippen molar-refractivity contribution in [3.63, 3.8) is 0 Å². The first kappa shape index (κ1) is 13.2. The van der Waals surface area contributed by atoms with Crippen LogP contribution in [0.2, 0.25) is 0 Å². The smallest absolute Gasteiger partial charge is 0.213 e. The SMILES string of the molecule is COc1ccc(NCCCOc2ccccc2)cn1. The van der Waals surface area contributed by atoms with E-state index in [0.29, 0.717) is 12.5 Å². The second-order valence-electron chi connectivity index (χ2n) is 4.03. The first-order chi connectivity index (χ1) is 9.38. The molecule has 0 unspecified atom stereocenters. The molecule has 4 heteroatoms. The number of rotatable bonds is 7. The van der Waals surface area contributed by atoms with Crippen LogP contribution in [0.3, 0.4) is 0 Å². The van der Waals surface area contributed by atoms with Crippen molar-refractivity contribution < 1.29 is 9.47 Å². The molecule has 0 fully saturated rings. The van der Waals surface area contributed by atoms with E-state index in [4.69, 9.17) is 9.47 Å². The van der Waals surface area contributed by atoms with Crippen molar-refractivity contribution in [2.45, 2.75) is 6.42 Å². The molecule has 0 amide bonds. The molecule has 0 saturated heterocycles. The molecule has 0 aliphatic rings. The van der Waals surface area contributed by atoms with Gasteiger partial charge in [-0.1, -0.05) is 18.2 Å². The molecule has 1 N–H and O–H groups in total. The lowest BCUT2D eigenvalue weighted by molar-refractivity contribution is 0.315. The van der Waals surface area contributed by atoms with E-state index in [1.54, 1.807) is 13.3 Å². The summed E-state index contributed by atoms with van der Waals surface area (Å²) in [6, 6.07) is 13.6. The van der Waals surface area contributed by atoms with Gasteiger partial charge in [0.15, 0.2) is 0 Å². The molecule has 100 valence electrons. The van der Waals surface area contributed by atoms with Crippen molar-refractivity contribution in [3.8, 4) is 11.6 Å². The molecule has 2 aromatic rings. The normalized spacial score (nSPS) is 9.95. The van der Waals surface area contributed by atoms with Crippen LogP contribution in [-0.4, -0.2) is 25.2 Å².